The van der Waals surface area contributed by atoms with Gasteiger partial charge in [-0.15, -0.1) is 0 Å². The highest BCUT2D eigenvalue weighted by molar-refractivity contribution is 6.31. The summed E-state index contributed by atoms with van der Waals surface area (Å²) in [5, 5.41) is 13.1. The lowest BCUT2D eigenvalue weighted by Gasteiger charge is -2.35. The molecule has 2 fully saturated rings. The molecule has 0 aliphatic carbocycles. The van der Waals surface area contributed by atoms with Gasteiger partial charge in [-0.2, -0.15) is 0 Å². The summed E-state index contributed by atoms with van der Waals surface area (Å²) in [6, 6.07) is 3.16. The van der Waals surface area contributed by atoms with Crippen LogP contribution in [0.1, 0.15) is 17.3 Å². The van der Waals surface area contributed by atoms with Crippen molar-refractivity contribution in [1.29, 1.82) is 0 Å². The standard InChI is InChI=1S/C18H23ClFN3O4/c1-11(24)23-6-4-22(5-7-23)9-16-17(25)15(10-27-16)21-18(26)12-2-3-14(20)13(19)8-12/h2-3,8,15-17,25H,4-7,9-10H2,1H3,(H,21,26)/t15-,16-,17+/m0/s1. The maximum Gasteiger partial charge on any atom is 0.251 e. The molecule has 0 bridgehead atoms. The fourth-order valence-electron chi connectivity index (χ4n) is 3.36. The van der Waals surface area contributed by atoms with Crippen molar-refractivity contribution >= 4 is 23.4 Å². The Kier molecular flexibility index (Phi) is 6.31. The predicted molar refractivity (Wildman–Crippen MR) is 97.1 cm³/mol. The number of aliphatic hydroxyl groups is 1. The highest BCUT2D eigenvalue weighted by Gasteiger charge is 2.38. The average Bonchev–Trinajstić information content (AvgIpc) is 2.97. The topological polar surface area (TPSA) is 82.1 Å². The largest absolute Gasteiger partial charge is 0.388 e. The molecule has 2 aliphatic heterocycles. The maximum atomic E-state index is 13.2. The molecule has 0 unspecified atom stereocenters. The van der Waals surface area contributed by atoms with Crippen molar-refractivity contribution < 1.29 is 23.8 Å². The molecule has 2 aliphatic rings. The minimum Gasteiger partial charge on any atom is -0.388 e. The number of piperazine rings is 1. The Balaban J connectivity index is 1.51. The molecule has 2 amide bonds. The van der Waals surface area contributed by atoms with Gasteiger partial charge in [0, 0.05) is 45.2 Å². The minimum absolute atomic E-state index is 0.0653. The van der Waals surface area contributed by atoms with Crippen LogP contribution in [0.4, 0.5) is 4.39 Å². The molecule has 3 atom stereocenters. The minimum atomic E-state index is -0.851. The number of hydrogen-bond donors (Lipinski definition) is 2. The lowest BCUT2D eigenvalue weighted by molar-refractivity contribution is -0.130. The van der Waals surface area contributed by atoms with Crippen molar-refractivity contribution in [2.24, 2.45) is 0 Å². The Labute approximate surface area is 162 Å². The molecule has 1 aromatic carbocycles. The molecule has 9 heteroatoms. The summed E-state index contributed by atoms with van der Waals surface area (Å²) in [7, 11) is 0. The number of benzene rings is 1. The third kappa shape index (κ3) is 4.76. The van der Waals surface area contributed by atoms with E-state index in [1.165, 1.54) is 12.1 Å². The summed E-state index contributed by atoms with van der Waals surface area (Å²) >= 11 is 5.71. The predicted octanol–water partition coefficient (Wildman–Crippen LogP) is 0.501. The third-order valence-corrected chi connectivity index (χ3v) is 5.33. The van der Waals surface area contributed by atoms with Gasteiger partial charge >= 0.3 is 0 Å². The van der Waals surface area contributed by atoms with Gasteiger partial charge in [0.2, 0.25) is 5.91 Å². The number of carbonyl (C=O) groups is 2. The lowest BCUT2D eigenvalue weighted by atomic mass is 10.1. The van der Waals surface area contributed by atoms with Crippen LogP contribution < -0.4 is 5.32 Å². The number of ether oxygens (including phenoxy) is 1. The Morgan fingerprint density at radius 1 is 1.33 bits per heavy atom. The molecular weight excluding hydrogens is 377 g/mol. The first-order valence-corrected chi connectivity index (χ1v) is 9.26. The molecule has 0 saturated carbocycles. The van der Waals surface area contributed by atoms with Crippen LogP contribution in [0.25, 0.3) is 0 Å². The first kappa shape index (κ1) is 20.0. The van der Waals surface area contributed by atoms with Crippen LogP contribution in [0.2, 0.25) is 5.02 Å². The fraction of sp³-hybridized carbons (Fsp3) is 0.556. The van der Waals surface area contributed by atoms with Crippen molar-refractivity contribution in [1.82, 2.24) is 15.1 Å². The second-order valence-electron chi connectivity index (χ2n) is 6.88. The lowest BCUT2D eigenvalue weighted by Crippen LogP contribution is -2.52. The van der Waals surface area contributed by atoms with Gasteiger partial charge in [-0.3, -0.25) is 14.5 Å². The van der Waals surface area contributed by atoms with Gasteiger partial charge in [-0.1, -0.05) is 11.6 Å². The smallest absolute Gasteiger partial charge is 0.251 e. The molecule has 0 spiro atoms. The quantitative estimate of drug-likeness (QED) is 0.770. The number of aliphatic hydroxyl groups excluding tert-OH is 1. The van der Waals surface area contributed by atoms with Crippen LogP contribution in [0, 0.1) is 5.82 Å². The van der Waals surface area contributed by atoms with E-state index in [0.717, 1.165) is 19.2 Å². The van der Waals surface area contributed by atoms with Crippen LogP contribution >= 0.6 is 11.6 Å². The van der Waals surface area contributed by atoms with Crippen molar-refractivity contribution in [2.75, 3.05) is 39.3 Å². The number of carbonyl (C=O) groups excluding carboxylic acids is 2. The number of halogens is 2. The van der Waals surface area contributed by atoms with E-state index < -0.39 is 30.0 Å². The highest BCUT2D eigenvalue weighted by Crippen LogP contribution is 2.19. The van der Waals surface area contributed by atoms with Crippen LogP contribution in [-0.2, 0) is 9.53 Å². The first-order valence-electron chi connectivity index (χ1n) is 8.88. The van der Waals surface area contributed by atoms with Crippen LogP contribution in [-0.4, -0.2) is 84.3 Å². The molecule has 2 heterocycles. The summed E-state index contributed by atoms with van der Waals surface area (Å²) in [5.41, 5.74) is 0.220. The van der Waals surface area contributed by atoms with E-state index in [1.54, 1.807) is 11.8 Å². The van der Waals surface area contributed by atoms with E-state index in [0.29, 0.717) is 19.6 Å². The van der Waals surface area contributed by atoms with E-state index >= 15 is 0 Å². The van der Waals surface area contributed by atoms with Gasteiger partial charge in [0.1, 0.15) is 11.9 Å². The molecule has 2 saturated heterocycles. The van der Waals surface area contributed by atoms with Crippen molar-refractivity contribution in [2.45, 2.75) is 25.2 Å². The molecule has 0 radical (unpaired) electrons. The van der Waals surface area contributed by atoms with Gasteiger partial charge in [0.25, 0.3) is 5.91 Å². The molecule has 1 aromatic rings. The van der Waals surface area contributed by atoms with E-state index in [2.05, 4.69) is 10.2 Å². The van der Waals surface area contributed by atoms with E-state index in [4.69, 9.17) is 16.3 Å². The van der Waals surface area contributed by atoms with Crippen molar-refractivity contribution in [3.05, 3.63) is 34.6 Å². The summed E-state index contributed by atoms with van der Waals surface area (Å²) in [6.07, 6.45) is -1.27. The molecule has 0 aromatic heterocycles. The van der Waals surface area contributed by atoms with Crippen LogP contribution in [0.3, 0.4) is 0 Å². The summed E-state index contributed by atoms with van der Waals surface area (Å²) in [5.74, 6) is -0.974. The molecule has 7 nitrogen and oxygen atoms in total. The number of amides is 2. The van der Waals surface area contributed by atoms with E-state index in [9.17, 15) is 19.1 Å². The summed E-state index contributed by atoms with van der Waals surface area (Å²) in [4.78, 5) is 27.6. The van der Waals surface area contributed by atoms with Crippen LogP contribution in [0.15, 0.2) is 18.2 Å². The third-order valence-electron chi connectivity index (χ3n) is 5.04. The zero-order valence-corrected chi connectivity index (χ0v) is 15.8. The van der Waals surface area contributed by atoms with Crippen LogP contribution in [0.5, 0.6) is 0 Å². The normalized spacial score (nSPS) is 26.2. The Morgan fingerprint density at radius 3 is 2.67 bits per heavy atom. The van der Waals surface area contributed by atoms with Gasteiger partial charge in [-0.05, 0) is 18.2 Å². The number of nitrogens with one attached hydrogen (secondary N) is 1. The van der Waals surface area contributed by atoms with Crippen molar-refractivity contribution in [3.63, 3.8) is 0 Å². The zero-order valence-electron chi connectivity index (χ0n) is 15.0. The molecule has 2 N–H and O–H groups in total. The number of hydrogen-bond acceptors (Lipinski definition) is 5. The molecule has 3 rings (SSSR count). The Morgan fingerprint density at radius 2 is 2.04 bits per heavy atom. The van der Waals surface area contributed by atoms with E-state index in [-0.39, 0.29) is 23.1 Å². The van der Waals surface area contributed by atoms with Gasteiger partial charge in [-0.25, -0.2) is 4.39 Å². The highest BCUT2D eigenvalue weighted by atomic mass is 35.5. The second-order valence-corrected chi connectivity index (χ2v) is 7.29. The number of rotatable bonds is 4. The summed E-state index contributed by atoms with van der Waals surface area (Å²) < 4.78 is 18.9. The zero-order chi connectivity index (χ0) is 19.6. The Hall–Kier alpha value is -1.74. The fourth-order valence-corrected chi connectivity index (χ4v) is 3.54. The molecule has 148 valence electrons. The Bertz CT molecular complexity index is 712. The molecular formula is C18H23ClFN3O4. The maximum absolute atomic E-state index is 13.2. The van der Waals surface area contributed by atoms with E-state index in [1.807, 2.05) is 0 Å². The van der Waals surface area contributed by atoms with Gasteiger partial charge in [0.05, 0.1) is 23.8 Å². The summed E-state index contributed by atoms with van der Waals surface area (Å²) in [6.45, 7) is 5.03. The average molecular weight is 400 g/mol. The second kappa shape index (κ2) is 8.52. The first-order chi connectivity index (χ1) is 12.8. The monoisotopic (exact) mass is 399 g/mol. The number of nitrogens with zero attached hydrogens (tertiary/aromatic N) is 2. The molecule has 27 heavy (non-hydrogen) atoms. The van der Waals surface area contributed by atoms with Gasteiger partial charge < -0.3 is 20.1 Å². The van der Waals surface area contributed by atoms with Gasteiger partial charge in [0.15, 0.2) is 0 Å². The SMILES string of the molecule is CC(=O)N1CCN(C[C@@H]2OC[C@H](NC(=O)c3ccc(F)c(Cl)c3)[C@H]2O)CC1. The van der Waals surface area contributed by atoms with Crippen molar-refractivity contribution in [3.8, 4) is 0 Å².